The Bertz CT molecular complexity index is 718. The van der Waals surface area contributed by atoms with E-state index in [9.17, 15) is 12.8 Å². The number of sulfonamides is 1. The Labute approximate surface area is 121 Å². The van der Waals surface area contributed by atoms with Crippen molar-refractivity contribution in [1.82, 2.24) is 0 Å². The summed E-state index contributed by atoms with van der Waals surface area (Å²) in [5, 5.41) is 0.487. The molecule has 0 fully saturated rings. The van der Waals surface area contributed by atoms with E-state index >= 15 is 0 Å². The molecule has 106 valence electrons. The van der Waals surface area contributed by atoms with Crippen LogP contribution in [0.3, 0.4) is 0 Å². The maximum Gasteiger partial charge on any atom is 0.262 e. The summed E-state index contributed by atoms with van der Waals surface area (Å²) >= 11 is 5.73. The lowest BCUT2D eigenvalue weighted by Gasteiger charge is -2.11. The molecule has 0 spiro atoms. The number of rotatable bonds is 4. The molecule has 2 aromatic rings. The van der Waals surface area contributed by atoms with Crippen molar-refractivity contribution in [3.05, 3.63) is 58.9 Å². The van der Waals surface area contributed by atoms with E-state index < -0.39 is 15.8 Å². The summed E-state index contributed by atoms with van der Waals surface area (Å²) in [6, 6.07) is 9.60. The van der Waals surface area contributed by atoms with Crippen molar-refractivity contribution in [2.24, 2.45) is 5.73 Å². The molecule has 0 aliphatic rings. The predicted octanol–water partition coefficient (Wildman–Crippen LogP) is 2.74. The van der Waals surface area contributed by atoms with E-state index in [4.69, 9.17) is 17.3 Å². The summed E-state index contributed by atoms with van der Waals surface area (Å²) in [5.74, 6) is -0.640. The topological polar surface area (TPSA) is 72.2 Å². The highest BCUT2D eigenvalue weighted by atomic mass is 35.5. The molecular weight excluding hydrogens is 303 g/mol. The summed E-state index contributed by atoms with van der Waals surface area (Å²) < 4.78 is 40.1. The molecule has 2 rings (SSSR count). The third-order valence-corrected chi connectivity index (χ3v) is 4.35. The molecule has 2 aromatic carbocycles. The highest BCUT2D eigenvalue weighted by Gasteiger charge is 2.19. The molecule has 20 heavy (non-hydrogen) atoms. The van der Waals surface area contributed by atoms with Gasteiger partial charge in [-0.3, -0.25) is 4.72 Å². The van der Waals surface area contributed by atoms with Crippen LogP contribution in [0.1, 0.15) is 5.56 Å². The lowest BCUT2D eigenvalue weighted by molar-refractivity contribution is 0.593. The van der Waals surface area contributed by atoms with E-state index in [1.807, 2.05) is 0 Å². The van der Waals surface area contributed by atoms with Crippen molar-refractivity contribution in [3.63, 3.8) is 0 Å². The molecule has 0 atom stereocenters. The molecule has 0 aliphatic carbocycles. The lowest BCUT2D eigenvalue weighted by atomic mass is 10.2. The molecule has 0 amide bonds. The van der Waals surface area contributed by atoms with Crippen molar-refractivity contribution >= 4 is 27.3 Å². The quantitative estimate of drug-likeness (QED) is 0.911. The van der Waals surface area contributed by atoms with E-state index in [1.165, 1.54) is 24.3 Å². The Kier molecular flexibility index (Phi) is 4.27. The minimum absolute atomic E-state index is 0.00284. The third-order valence-electron chi connectivity index (χ3n) is 2.64. The van der Waals surface area contributed by atoms with Gasteiger partial charge in [-0.25, -0.2) is 12.8 Å². The lowest BCUT2D eigenvalue weighted by Crippen LogP contribution is -2.16. The van der Waals surface area contributed by atoms with Crippen LogP contribution in [-0.2, 0) is 16.6 Å². The molecule has 0 heterocycles. The Morgan fingerprint density at radius 2 is 1.80 bits per heavy atom. The van der Waals surface area contributed by atoms with Crippen LogP contribution in [0.4, 0.5) is 10.1 Å². The van der Waals surface area contributed by atoms with Crippen LogP contribution in [0, 0.1) is 5.82 Å². The third kappa shape index (κ3) is 3.27. The average Bonchev–Trinajstić information content (AvgIpc) is 2.41. The molecule has 0 bridgehead atoms. The second-order valence-corrected chi connectivity index (χ2v) is 6.16. The maximum absolute atomic E-state index is 13.3. The molecular formula is C13H12ClFN2O2S. The van der Waals surface area contributed by atoms with Crippen molar-refractivity contribution < 1.29 is 12.8 Å². The van der Waals surface area contributed by atoms with Gasteiger partial charge >= 0.3 is 0 Å². The van der Waals surface area contributed by atoms with E-state index in [1.54, 1.807) is 12.1 Å². The van der Waals surface area contributed by atoms with Gasteiger partial charge in [-0.15, -0.1) is 0 Å². The second-order valence-electron chi connectivity index (χ2n) is 4.07. The largest absolute Gasteiger partial charge is 0.326 e. The summed E-state index contributed by atoms with van der Waals surface area (Å²) in [4.78, 5) is -0.171. The Morgan fingerprint density at radius 3 is 2.40 bits per heavy atom. The minimum Gasteiger partial charge on any atom is -0.326 e. The fourth-order valence-corrected chi connectivity index (χ4v) is 3.12. The van der Waals surface area contributed by atoms with E-state index in [0.29, 0.717) is 16.3 Å². The number of halogens is 2. The first-order chi connectivity index (χ1) is 9.42. The van der Waals surface area contributed by atoms with Gasteiger partial charge in [0.05, 0.1) is 4.90 Å². The standard InChI is InChI=1S/C13H12ClFN2O2S/c14-10-2-5-12(6-3-10)17-20(18,19)13-7-11(15)4-1-9(13)8-16/h1-7,17H,8,16H2. The first kappa shape index (κ1) is 14.8. The van der Waals surface area contributed by atoms with Gasteiger partial charge in [0.15, 0.2) is 0 Å². The van der Waals surface area contributed by atoms with Gasteiger partial charge in [0.2, 0.25) is 0 Å². The molecule has 0 aromatic heterocycles. The van der Waals surface area contributed by atoms with Gasteiger partial charge in [-0.05, 0) is 42.0 Å². The Hall–Kier alpha value is -1.63. The minimum atomic E-state index is -3.90. The Morgan fingerprint density at radius 1 is 1.15 bits per heavy atom. The van der Waals surface area contributed by atoms with Crippen LogP contribution in [0.5, 0.6) is 0 Å². The molecule has 0 saturated carbocycles. The zero-order valence-electron chi connectivity index (χ0n) is 10.3. The molecule has 0 saturated heterocycles. The van der Waals surface area contributed by atoms with Crippen molar-refractivity contribution in [1.29, 1.82) is 0 Å². The summed E-state index contributed by atoms with van der Waals surface area (Å²) in [7, 11) is -3.90. The van der Waals surface area contributed by atoms with Gasteiger partial charge in [-0.2, -0.15) is 0 Å². The zero-order valence-corrected chi connectivity index (χ0v) is 11.9. The van der Waals surface area contributed by atoms with Crippen molar-refractivity contribution in [2.45, 2.75) is 11.4 Å². The van der Waals surface area contributed by atoms with Crippen LogP contribution in [-0.4, -0.2) is 8.42 Å². The first-order valence-electron chi connectivity index (χ1n) is 5.69. The van der Waals surface area contributed by atoms with E-state index in [0.717, 1.165) is 6.07 Å². The van der Waals surface area contributed by atoms with Gasteiger partial charge in [0, 0.05) is 17.3 Å². The average molecular weight is 315 g/mol. The van der Waals surface area contributed by atoms with E-state index in [-0.39, 0.29) is 11.4 Å². The highest BCUT2D eigenvalue weighted by Crippen LogP contribution is 2.21. The molecule has 4 nitrogen and oxygen atoms in total. The van der Waals surface area contributed by atoms with Crippen molar-refractivity contribution in [3.8, 4) is 0 Å². The highest BCUT2D eigenvalue weighted by molar-refractivity contribution is 7.92. The van der Waals surface area contributed by atoms with Gasteiger partial charge in [0.1, 0.15) is 5.82 Å². The number of hydrogen-bond acceptors (Lipinski definition) is 3. The number of nitrogens with one attached hydrogen (secondary N) is 1. The fraction of sp³-hybridized carbons (Fsp3) is 0.0769. The first-order valence-corrected chi connectivity index (χ1v) is 7.55. The van der Waals surface area contributed by atoms with E-state index in [2.05, 4.69) is 4.72 Å². The normalized spacial score (nSPS) is 11.3. The van der Waals surface area contributed by atoms with Crippen LogP contribution in [0.2, 0.25) is 5.02 Å². The fourth-order valence-electron chi connectivity index (χ4n) is 1.68. The van der Waals surface area contributed by atoms with Gasteiger partial charge in [-0.1, -0.05) is 17.7 Å². The molecule has 0 aliphatic heterocycles. The summed E-state index contributed by atoms with van der Waals surface area (Å²) in [6.07, 6.45) is 0. The zero-order chi connectivity index (χ0) is 14.8. The number of hydrogen-bond donors (Lipinski definition) is 2. The molecule has 3 N–H and O–H groups in total. The van der Waals surface area contributed by atoms with Crippen LogP contribution in [0.15, 0.2) is 47.4 Å². The number of nitrogens with two attached hydrogens (primary N) is 1. The van der Waals surface area contributed by atoms with Crippen molar-refractivity contribution in [2.75, 3.05) is 4.72 Å². The molecule has 0 unspecified atom stereocenters. The summed E-state index contributed by atoms with van der Waals surface area (Å²) in [6.45, 7) is -0.00284. The van der Waals surface area contributed by atoms with Crippen LogP contribution < -0.4 is 10.5 Å². The molecule has 0 radical (unpaired) electrons. The SMILES string of the molecule is NCc1ccc(F)cc1S(=O)(=O)Nc1ccc(Cl)cc1. The summed E-state index contributed by atoms with van der Waals surface area (Å²) in [5.41, 5.74) is 6.15. The number of anilines is 1. The maximum atomic E-state index is 13.3. The number of benzene rings is 2. The van der Waals surface area contributed by atoms with Gasteiger partial charge < -0.3 is 5.73 Å². The van der Waals surface area contributed by atoms with Crippen LogP contribution >= 0.6 is 11.6 Å². The second kappa shape index (κ2) is 5.78. The van der Waals surface area contributed by atoms with Gasteiger partial charge in [0.25, 0.3) is 10.0 Å². The van der Waals surface area contributed by atoms with Crippen LogP contribution in [0.25, 0.3) is 0 Å². The predicted molar refractivity (Wildman–Crippen MR) is 76.6 cm³/mol. The monoisotopic (exact) mass is 314 g/mol. The molecule has 7 heteroatoms. The Balaban J connectivity index is 2.40. The smallest absolute Gasteiger partial charge is 0.262 e.